The first-order valence-corrected chi connectivity index (χ1v) is 10.2. The van der Waals surface area contributed by atoms with Crippen LogP contribution in [-0.4, -0.2) is 91.2 Å². The fourth-order valence-corrected chi connectivity index (χ4v) is 4.46. The molecule has 0 unspecified atom stereocenters. The summed E-state index contributed by atoms with van der Waals surface area (Å²) in [5, 5.41) is 0. The van der Waals surface area contributed by atoms with Crippen molar-refractivity contribution >= 4 is 5.82 Å². The highest BCUT2D eigenvalue weighted by Gasteiger charge is 2.33. The van der Waals surface area contributed by atoms with E-state index < -0.39 is 0 Å². The number of likely N-dealkylation sites (tertiary alicyclic amines) is 2. The van der Waals surface area contributed by atoms with Crippen molar-refractivity contribution in [2.45, 2.75) is 31.7 Å². The lowest BCUT2D eigenvalue weighted by Crippen LogP contribution is -2.63. The van der Waals surface area contributed by atoms with E-state index in [4.69, 9.17) is 0 Å². The van der Waals surface area contributed by atoms with Gasteiger partial charge in [0.15, 0.2) is 0 Å². The first-order chi connectivity index (χ1) is 12.4. The van der Waals surface area contributed by atoms with Crippen LogP contribution in [0.2, 0.25) is 0 Å². The molecule has 0 bridgehead atoms. The van der Waals surface area contributed by atoms with E-state index in [0.717, 1.165) is 24.9 Å². The first kappa shape index (κ1) is 17.3. The number of aromatic nitrogens is 1. The number of pyridine rings is 1. The Balaban J connectivity index is 1.14. The SMILES string of the molecule is c1ccc(N2CCN(C3CN(CCN4CCCCCC4)C3)CC2)nc1. The quantitative estimate of drug-likeness (QED) is 0.812. The van der Waals surface area contributed by atoms with Crippen molar-refractivity contribution in [2.24, 2.45) is 0 Å². The maximum Gasteiger partial charge on any atom is 0.128 e. The van der Waals surface area contributed by atoms with Gasteiger partial charge in [-0.3, -0.25) is 9.80 Å². The van der Waals surface area contributed by atoms with E-state index in [1.165, 1.54) is 78.0 Å². The van der Waals surface area contributed by atoms with Crippen LogP contribution in [0.15, 0.2) is 24.4 Å². The predicted molar refractivity (Wildman–Crippen MR) is 103 cm³/mol. The van der Waals surface area contributed by atoms with Crippen LogP contribution < -0.4 is 4.90 Å². The fraction of sp³-hybridized carbons (Fsp3) is 0.750. The van der Waals surface area contributed by atoms with E-state index >= 15 is 0 Å². The van der Waals surface area contributed by atoms with E-state index in [0.29, 0.717) is 0 Å². The molecule has 1 aromatic rings. The molecule has 3 saturated heterocycles. The summed E-state index contributed by atoms with van der Waals surface area (Å²) in [5.41, 5.74) is 0. The van der Waals surface area contributed by atoms with Gasteiger partial charge in [-0.1, -0.05) is 18.9 Å². The Morgan fingerprint density at radius 3 is 2.20 bits per heavy atom. The van der Waals surface area contributed by atoms with Gasteiger partial charge in [0, 0.05) is 64.6 Å². The second-order valence-electron chi connectivity index (χ2n) is 7.88. The lowest BCUT2D eigenvalue weighted by Gasteiger charge is -2.48. The summed E-state index contributed by atoms with van der Waals surface area (Å²) in [4.78, 5) is 14.9. The number of hydrogen-bond donors (Lipinski definition) is 0. The Labute approximate surface area is 152 Å². The fourth-order valence-electron chi connectivity index (χ4n) is 4.46. The molecule has 5 heteroatoms. The van der Waals surface area contributed by atoms with Gasteiger partial charge in [-0.2, -0.15) is 0 Å². The average molecular weight is 344 g/mol. The van der Waals surface area contributed by atoms with Gasteiger partial charge in [0.25, 0.3) is 0 Å². The third-order valence-electron chi connectivity index (χ3n) is 6.17. The molecule has 0 atom stereocenters. The number of anilines is 1. The molecular weight excluding hydrogens is 310 g/mol. The maximum atomic E-state index is 4.49. The van der Waals surface area contributed by atoms with E-state index in [2.05, 4.69) is 36.7 Å². The zero-order valence-electron chi connectivity index (χ0n) is 15.5. The van der Waals surface area contributed by atoms with Crippen LogP contribution in [0.1, 0.15) is 25.7 Å². The van der Waals surface area contributed by atoms with Crippen LogP contribution >= 0.6 is 0 Å². The van der Waals surface area contributed by atoms with Crippen molar-refractivity contribution in [1.29, 1.82) is 0 Å². The molecule has 5 nitrogen and oxygen atoms in total. The molecule has 0 radical (unpaired) electrons. The van der Waals surface area contributed by atoms with E-state index in [9.17, 15) is 0 Å². The van der Waals surface area contributed by atoms with Crippen molar-refractivity contribution in [3.8, 4) is 0 Å². The highest BCUT2D eigenvalue weighted by atomic mass is 15.4. The molecule has 0 spiro atoms. The van der Waals surface area contributed by atoms with Gasteiger partial charge in [-0.15, -0.1) is 0 Å². The van der Waals surface area contributed by atoms with E-state index in [1.54, 1.807) is 0 Å². The zero-order chi connectivity index (χ0) is 16.9. The number of hydrogen-bond acceptors (Lipinski definition) is 5. The molecule has 25 heavy (non-hydrogen) atoms. The molecule has 0 N–H and O–H groups in total. The molecule has 0 amide bonds. The average Bonchev–Trinajstić information content (AvgIpc) is 2.90. The Kier molecular flexibility index (Phi) is 5.85. The van der Waals surface area contributed by atoms with Crippen LogP contribution in [-0.2, 0) is 0 Å². The minimum atomic E-state index is 0.787. The van der Waals surface area contributed by atoms with Crippen LogP contribution in [0.4, 0.5) is 5.82 Å². The van der Waals surface area contributed by atoms with Crippen LogP contribution in [0.3, 0.4) is 0 Å². The maximum absolute atomic E-state index is 4.49. The zero-order valence-corrected chi connectivity index (χ0v) is 15.5. The van der Waals surface area contributed by atoms with Crippen LogP contribution in [0.25, 0.3) is 0 Å². The monoisotopic (exact) mass is 343 g/mol. The Bertz CT molecular complexity index is 500. The first-order valence-electron chi connectivity index (χ1n) is 10.2. The predicted octanol–water partition coefficient (Wildman–Crippen LogP) is 1.76. The third kappa shape index (κ3) is 4.52. The molecule has 0 aliphatic carbocycles. The highest BCUT2D eigenvalue weighted by Crippen LogP contribution is 2.19. The number of rotatable bonds is 5. The lowest BCUT2D eigenvalue weighted by molar-refractivity contribution is 0.0250. The molecule has 4 rings (SSSR count). The lowest BCUT2D eigenvalue weighted by atomic mass is 10.1. The molecule has 0 aromatic carbocycles. The standard InChI is InChI=1S/C20H33N5/c1-2-6-10-22(9-5-1)11-12-23-17-19(18-23)24-13-15-25(16-14-24)20-7-3-4-8-21-20/h3-4,7-8,19H,1-2,5-6,9-18H2. The topological polar surface area (TPSA) is 25.9 Å². The number of nitrogens with zero attached hydrogens (tertiary/aromatic N) is 5. The van der Waals surface area contributed by atoms with Crippen molar-refractivity contribution in [1.82, 2.24) is 19.7 Å². The van der Waals surface area contributed by atoms with E-state index in [-0.39, 0.29) is 0 Å². The summed E-state index contributed by atoms with van der Waals surface area (Å²) >= 11 is 0. The smallest absolute Gasteiger partial charge is 0.128 e. The molecule has 1 aromatic heterocycles. The van der Waals surface area contributed by atoms with Crippen molar-refractivity contribution < 1.29 is 0 Å². The molecular formula is C20H33N5. The van der Waals surface area contributed by atoms with Gasteiger partial charge in [-0.05, 0) is 38.1 Å². The van der Waals surface area contributed by atoms with Crippen molar-refractivity contribution in [2.75, 3.05) is 70.3 Å². The minimum Gasteiger partial charge on any atom is -0.354 e. The second kappa shape index (κ2) is 8.47. The van der Waals surface area contributed by atoms with Crippen molar-refractivity contribution in [3.63, 3.8) is 0 Å². The summed E-state index contributed by atoms with van der Waals surface area (Å²) in [7, 11) is 0. The largest absolute Gasteiger partial charge is 0.354 e. The van der Waals surface area contributed by atoms with Crippen LogP contribution in [0.5, 0.6) is 0 Å². The van der Waals surface area contributed by atoms with Crippen molar-refractivity contribution in [3.05, 3.63) is 24.4 Å². The second-order valence-corrected chi connectivity index (χ2v) is 7.88. The summed E-state index contributed by atoms with van der Waals surface area (Å²) in [6.45, 7) is 12.3. The normalized spacial score (nSPS) is 24.9. The summed E-state index contributed by atoms with van der Waals surface area (Å²) in [6, 6.07) is 7.00. The molecule has 3 aliphatic heterocycles. The summed E-state index contributed by atoms with van der Waals surface area (Å²) < 4.78 is 0. The van der Waals surface area contributed by atoms with Gasteiger partial charge in [0.05, 0.1) is 0 Å². The van der Waals surface area contributed by atoms with Gasteiger partial charge >= 0.3 is 0 Å². The Morgan fingerprint density at radius 1 is 0.800 bits per heavy atom. The molecule has 4 heterocycles. The Morgan fingerprint density at radius 2 is 1.52 bits per heavy atom. The molecule has 0 saturated carbocycles. The summed E-state index contributed by atoms with van der Waals surface area (Å²) in [5.74, 6) is 1.13. The molecule has 3 fully saturated rings. The molecule has 138 valence electrons. The third-order valence-corrected chi connectivity index (χ3v) is 6.17. The highest BCUT2D eigenvalue weighted by molar-refractivity contribution is 5.38. The number of piperazine rings is 1. The Hall–Kier alpha value is -1.17. The van der Waals surface area contributed by atoms with Gasteiger partial charge < -0.3 is 9.80 Å². The van der Waals surface area contributed by atoms with Gasteiger partial charge in [0.2, 0.25) is 0 Å². The van der Waals surface area contributed by atoms with Crippen LogP contribution in [0, 0.1) is 0 Å². The van der Waals surface area contributed by atoms with Gasteiger partial charge in [0.1, 0.15) is 5.82 Å². The minimum absolute atomic E-state index is 0.787. The van der Waals surface area contributed by atoms with E-state index in [1.807, 2.05) is 12.3 Å². The van der Waals surface area contributed by atoms with Gasteiger partial charge in [-0.25, -0.2) is 4.98 Å². The summed E-state index contributed by atoms with van der Waals surface area (Å²) in [6.07, 6.45) is 7.59. The molecule has 3 aliphatic rings.